The number of carbonyl (C=O) groups is 1. The molecule has 4 rings (SSSR count). The predicted molar refractivity (Wildman–Crippen MR) is 113 cm³/mol. The molecular formula is C23H31FN4O3. The number of carbonyl (C=O) groups excluding carboxylic acids is 1. The van der Waals surface area contributed by atoms with Crippen molar-refractivity contribution in [2.75, 3.05) is 32.8 Å². The van der Waals surface area contributed by atoms with Gasteiger partial charge in [0.2, 0.25) is 0 Å². The summed E-state index contributed by atoms with van der Waals surface area (Å²) < 4.78 is 21.7. The lowest BCUT2D eigenvalue weighted by Gasteiger charge is -2.31. The normalized spacial score (nSPS) is 26.8. The minimum atomic E-state index is -0.981. The van der Waals surface area contributed by atoms with Crippen LogP contribution in [0.1, 0.15) is 42.9 Å². The van der Waals surface area contributed by atoms with Crippen LogP contribution in [0.4, 0.5) is 4.39 Å². The van der Waals surface area contributed by atoms with Gasteiger partial charge in [-0.1, -0.05) is 19.1 Å². The third-order valence-electron chi connectivity index (χ3n) is 7.19. The molecule has 168 valence electrons. The maximum atomic E-state index is 14.3. The van der Waals surface area contributed by atoms with Crippen LogP contribution in [-0.4, -0.2) is 58.6 Å². The Morgan fingerprint density at radius 2 is 2.06 bits per heavy atom. The van der Waals surface area contributed by atoms with Gasteiger partial charge in [0.1, 0.15) is 5.82 Å². The van der Waals surface area contributed by atoms with Gasteiger partial charge in [-0.05, 0) is 54.4 Å². The van der Waals surface area contributed by atoms with E-state index in [0.717, 1.165) is 51.4 Å². The molecule has 1 saturated carbocycles. The molecule has 1 aliphatic heterocycles. The Labute approximate surface area is 182 Å². The number of benzene rings is 1. The number of rotatable bonds is 6. The smallest absolute Gasteiger partial charge is 0.254 e. The van der Waals surface area contributed by atoms with E-state index in [9.17, 15) is 14.4 Å². The third-order valence-corrected chi connectivity index (χ3v) is 7.19. The van der Waals surface area contributed by atoms with E-state index in [1.54, 1.807) is 19.1 Å². The lowest BCUT2D eigenvalue weighted by Crippen LogP contribution is -2.43. The zero-order chi connectivity index (χ0) is 22.1. The van der Waals surface area contributed by atoms with Gasteiger partial charge in [0.15, 0.2) is 0 Å². The van der Waals surface area contributed by atoms with E-state index in [-0.39, 0.29) is 11.2 Å². The third kappa shape index (κ3) is 4.12. The number of hydroxylamine groups is 1. The van der Waals surface area contributed by atoms with Crippen molar-refractivity contribution in [3.05, 3.63) is 53.1 Å². The van der Waals surface area contributed by atoms with Crippen LogP contribution < -0.4 is 5.48 Å². The molecule has 2 unspecified atom stereocenters. The van der Waals surface area contributed by atoms with Gasteiger partial charge in [-0.3, -0.25) is 19.6 Å². The molecule has 2 aromatic rings. The second-order valence-electron chi connectivity index (χ2n) is 9.12. The minimum absolute atomic E-state index is 0.303. The van der Waals surface area contributed by atoms with Crippen LogP contribution in [0.5, 0.6) is 0 Å². The Balaban J connectivity index is 1.55. The van der Waals surface area contributed by atoms with Crippen LogP contribution in [0.25, 0.3) is 0 Å². The molecule has 31 heavy (non-hydrogen) atoms. The molecule has 1 aliphatic carbocycles. The van der Waals surface area contributed by atoms with E-state index in [4.69, 9.17) is 4.74 Å². The molecule has 0 bridgehead atoms. The van der Waals surface area contributed by atoms with Crippen LogP contribution in [-0.2, 0) is 26.9 Å². The molecule has 2 heterocycles. The topological polar surface area (TPSA) is 79.6 Å². The lowest BCUT2D eigenvalue weighted by molar-refractivity contribution is -0.135. The summed E-state index contributed by atoms with van der Waals surface area (Å²) in [5, 5.41) is 14.1. The van der Waals surface area contributed by atoms with E-state index in [1.165, 1.54) is 6.07 Å². The lowest BCUT2D eigenvalue weighted by atomic mass is 9.72. The molecule has 2 aliphatic rings. The molecule has 2 atom stereocenters. The Morgan fingerprint density at radius 1 is 1.29 bits per heavy atom. The summed E-state index contributed by atoms with van der Waals surface area (Å²) in [7, 11) is 0. The number of aromatic nitrogens is 2. The largest absolute Gasteiger partial charge is 0.379 e. The maximum absolute atomic E-state index is 14.3. The molecule has 1 amide bonds. The molecule has 7 nitrogen and oxygen atoms in total. The number of nitrogens with one attached hydrogen (secondary N) is 1. The van der Waals surface area contributed by atoms with Crippen molar-refractivity contribution in [3.8, 4) is 0 Å². The van der Waals surface area contributed by atoms with Crippen molar-refractivity contribution in [1.29, 1.82) is 0 Å². The fourth-order valence-corrected chi connectivity index (χ4v) is 5.22. The molecule has 0 spiro atoms. The summed E-state index contributed by atoms with van der Waals surface area (Å²) in [5.74, 6) is -0.822. The SMILES string of the molecule is Cc1c(F)cccc1C1(C(=O)NO)CCC(C)(c2cnn(CCN3CCOCC3)c2)C1. The summed E-state index contributed by atoms with van der Waals surface area (Å²) >= 11 is 0. The van der Waals surface area contributed by atoms with Gasteiger partial charge in [0, 0.05) is 25.8 Å². The van der Waals surface area contributed by atoms with Crippen LogP contribution >= 0.6 is 0 Å². The molecule has 1 aromatic carbocycles. The number of hydrogen-bond acceptors (Lipinski definition) is 5. The quantitative estimate of drug-likeness (QED) is 0.544. The standard InChI is InChI=1S/C23H31FN4O3/c1-17-19(4-3-5-20(17)24)23(21(29)26-30)7-6-22(2,16-23)18-14-25-28(15-18)9-8-27-10-12-31-13-11-27/h3-5,14-15,30H,6-13,16H2,1-2H3,(H,26,29). The van der Waals surface area contributed by atoms with Gasteiger partial charge in [-0.15, -0.1) is 0 Å². The number of halogens is 1. The van der Waals surface area contributed by atoms with Crippen LogP contribution in [0.2, 0.25) is 0 Å². The van der Waals surface area contributed by atoms with Gasteiger partial charge in [-0.2, -0.15) is 5.10 Å². The first-order valence-corrected chi connectivity index (χ1v) is 10.9. The van der Waals surface area contributed by atoms with Crippen molar-refractivity contribution in [1.82, 2.24) is 20.2 Å². The zero-order valence-electron chi connectivity index (χ0n) is 18.2. The van der Waals surface area contributed by atoms with E-state index in [0.29, 0.717) is 24.0 Å². The predicted octanol–water partition coefficient (Wildman–Crippen LogP) is 2.55. The number of nitrogens with zero attached hydrogens (tertiary/aromatic N) is 3. The van der Waals surface area contributed by atoms with Gasteiger partial charge in [-0.25, -0.2) is 9.87 Å². The van der Waals surface area contributed by atoms with E-state index in [1.807, 2.05) is 16.4 Å². The first kappa shape index (κ1) is 21.9. The summed E-state index contributed by atoms with van der Waals surface area (Å²) in [6, 6.07) is 4.82. The van der Waals surface area contributed by atoms with Crippen LogP contribution in [0, 0.1) is 12.7 Å². The molecule has 2 N–H and O–H groups in total. The first-order chi connectivity index (χ1) is 14.9. The Kier molecular flexibility index (Phi) is 6.14. The minimum Gasteiger partial charge on any atom is -0.379 e. The summed E-state index contributed by atoms with van der Waals surface area (Å²) in [6.45, 7) is 8.96. The average molecular weight is 431 g/mol. The highest BCUT2D eigenvalue weighted by Gasteiger charge is 2.53. The highest BCUT2D eigenvalue weighted by atomic mass is 19.1. The second-order valence-corrected chi connectivity index (χ2v) is 9.12. The van der Waals surface area contributed by atoms with Crippen molar-refractivity contribution >= 4 is 5.91 Å². The van der Waals surface area contributed by atoms with E-state index < -0.39 is 11.3 Å². The number of ether oxygens (including phenoxy) is 1. The molecule has 0 radical (unpaired) electrons. The van der Waals surface area contributed by atoms with Crippen molar-refractivity contribution < 1.29 is 19.1 Å². The fraction of sp³-hybridized carbons (Fsp3) is 0.565. The molecule has 2 fully saturated rings. The van der Waals surface area contributed by atoms with Crippen LogP contribution in [0.15, 0.2) is 30.6 Å². The molecule has 8 heteroatoms. The molecule has 1 saturated heterocycles. The Bertz CT molecular complexity index is 943. The van der Waals surface area contributed by atoms with Gasteiger partial charge in [0.05, 0.1) is 31.4 Å². The van der Waals surface area contributed by atoms with Gasteiger partial charge >= 0.3 is 0 Å². The monoisotopic (exact) mass is 430 g/mol. The second kappa shape index (κ2) is 8.68. The summed E-state index contributed by atoms with van der Waals surface area (Å²) in [4.78, 5) is 15.2. The van der Waals surface area contributed by atoms with Gasteiger partial charge < -0.3 is 4.74 Å². The Hall–Kier alpha value is -2.29. The highest BCUT2D eigenvalue weighted by Crippen LogP contribution is 2.53. The number of amides is 1. The summed E-state index contributed by atoms with van der Waals surface area (Å²) in [5.41, 5.74) is 2.72. The van der Waals surface area contributed by atoms with Crippen LogP contribution in [0.3, 0.4) is 0 Å². The first-order valence-electron chi connectivity index (χ1n) is 10.9. The molecular weight excluding hydrogens is 399 g/mol. The van der Waals surface area contributed by atoms with E-state index in [2.05, 4.69) is 23.1 Å². The maximum Gasteiger partial charge on any atom is 0.254 e. The zero-order valence-corrected chi connectivity index (χ0v) is 18.2. The van der Waals surface area contributed by atoms with Crippen molar-refractivity contribution in [3.63, 3.8) is 0 Å². The van der Waals surface area contributed by atoms with Crippen molar-refractivity contribution in [2.24, 2.45) is 0 Å². The Morgan fingerprint density at radius 3 is 2.81 bits per heavy atom. The fourth-order valence-electron chi connectivity index (χ4n) is 5.22. The van der Waals surface area contributed by atoms with E-state index >= 15 is 0 Å². The summed E-state index contributed by atoms with van der Waals surface area (Å²) in [6.07, 6.45) is 5.69. The number of hydrogen-bond donors (Lipinski definition) is 2. The average Bonchev–Trinajstić information content (AvgIpc) is 3.41. The van der Waals surface area contributed by atoms with Crippen molar-refractivity contribution in [2.45, 2.75) is 50.5 Å². The highest BCUT2D eigenvalue weighted by molar-refractivity contribution is 5.88. The molecule has 1 aromatic heterocycles. The number of morpholine rings is 1. The van der Waals surface area contributed by atoms with Gasteiger partial charge in [0.25, 0.3) is 5.91 Å².